The number of rotatable bonds is 1. The Morgan fingerprint density at radius 3 is 3.42 bits per heavy atom. The molecule has 1 fully saturated rings. The van der Waals surface area contributed by atoms with E-state index in [0.717, 1.165) is 24.1 Å². The second kappa shape index (κ2) is 1.55. The Morgan fingerprint density at radius 1 is 1.83 bits per heavy atom. The van der Waals surface area contributed by atoms with Gasteiger partial charge in [-0.05, 0) is 24.3 Å². The number of nitrogens with one attached hydrogen (secondary N) is 1. The van der Waals surface area contributed by atoms with Gasteiger partial charge in [0.2, 0.25) is 0 Å². The molecule has 1 saturated carbocycles. The second-order valence-electron chi connectivity index (χ2n) is 3.65. The molecule has 0 aliphatic heterocycles. The zero-order valence-electron chi connectivity index (χ0n) is 6.37. The van der Waals surface area contributed by atoms with Crippen molar-refractivity contribution in [3.05, 3.63) is 17.5 Å². The Kier molecular flexibility index (Phi) is 0.805. The van der Waals surface area contributed by atoms with E-state index in [4.69, 9.17) is 5.11 Å². The van der Waals surface area contributed by atoms with Crippen LogP contribution in [0, 0.1) is 5.92 Å². The summed E-state index contributed by atoms with van der Waals surface area (Å²) in [5.41, 5.74) is 1.36. The fraction of sp³-hybridized carbons (Fsp3) is 0.500. The molecule has 12 heavy (non-hydrogen) atoms. The van der Waals surface area contributed by atoms with E-state index in [1.807, 2.05) is 0 Å². The third kappa shape index (κ3) is 0.451. The minimum atomic E-state index is -0.699. The van der Waals surface area contributed by atoms with Crippen molar-refractivity contribution < 1.29 is 9.90 Å². The number of aromatic amines is 1. The fourth-order valence-corrected chi connectivity index (χ4v) is 2.37. The van der Waals surface area contributed by atoms with Gasteiger partial charge in [0, 0.05) is 0 Å². The molecular formula is C8H8N2O2. The Morgan fingerprint density at radius 2 is 2.67 bits per heavy atom. The average Bonchev–Trinajstić information content (AvgIpc) is 2.43. The van der Waals surface area contributed by atoms with Gasteiger partial charge < -0.3 is 5.11 Å². The number of carboxylic acids is 1. The van der Waals surface area contributed by atoms with E-state index in [2.05, 4.69) is 10.2 Å². The number of aromatic nitrogens is 2. The molecule has 0 spiro atoms. The Balaban J connectivity index is 2.19. The number of carboxylic acid groups (broad SMARTS) is 1. The molecule has 2 atom stereocenters. The summed E-state index contributed by atoms with van der Waals surface area (Å²) < 4.78 is 0. The maximum absolute atomic E-state index is 11.0. The standard InChI is InChI=1S/C8H8N2O2/c11-7(12)8-2-5(8)1-4-3-9-10-6(4)8/h3,5H,1-2H2,(H,9,10)(H,11,12)/t5-,8-/m1/s1. The highest BCUT2D eigenvalue weighted by atomic mass is 16.4. The number of carbonyl (C=O) groups is 1. The molecule has 2 N–H and O–H groups in total. The van der Waals surface area contributed by atoms with Crippen LogP contribution in [0.3, 0.4) is 0 Å². The van der Waals surface area contributed by atoms with Crippen LogP contribution in [0.2, 0.25) is 0 Å². The maximum Gasteiger partial charge on any atom is 0.316 e. The first-order chi connectivity index (χ1) is 5.75. The van der Waals surface area contributed by atoms with Crippen molar-refractivity contribution in [2.45, 2.75) is 18.3 Å². The van der Waals surface area contributed by atoms with Crippen LogP contribution in [0.4, 0.5) is 0 Å². The lowest BCUT2D eigenvalue weighted by molar-refractivity contribution is -0.140. The van der Waals surface area contributed by atoms with Crippen LogP contribution in [-0.2, 0) is 16.6 Å². The van der Waals surface area contributed by atoms with Crippen molar-refractivity contribution in [2.75, 3.05) is 0 Å². The SMILES string of the molecule is O=C(O)[C@]12C[C@H]1Cc1cn[nH]c12. The molecule has 1 aromatic rings. The Bertz CT molecular complexity index is 371. The smallest absolute Gasteiger partial charge is 0.316 e. The Labute approximate surface area is 68.6 Å². The van der Waals surface area contributed by atoms with Gasteiger partial charge in [0.15, 0.2) is 0 Å². The summed E-state index contributed by atoms with van der Waals surface area (Å²) in [7, 11) is 0. The van der Waals surface area contributed by atoms with Gasteiger partial charge in [-0.15, -0.1) is 0 Å². The summed E-state index contributed by atoms with van der Waals surface area (Å²) in [5, 5.41) is 15.7. The van der Waals surface area contributed by atoms with Crippen LogP contribution in [0.1, 0.15) is 17.7 Å². The first kappa shape index (κ1) is 6.22. The summed E-state index contributed by atoms with van der Waals surface area (Å²) in [6.45, 7) is 0. The number of H-pyrrole nitrogens is 1. The van der Waals surface area contributed by atoms with Crippen molar-refractivity contribution in [3.63, 3.8) is 0 Å². The highest BCUT2D eigenvalue weighted by Gasteiger charge is 2.67. The molecular weight excluding hydrogens is 156 g/mol. The molecule has 62 valence electrons. The normalized spacial score (nSPS) is 35.8. The van der Waals surface area contributed by atoms with Crippen molar-refractivity contribution in [2.24, 2.45) is 5.92 Å². The van der Waals surface area contributed by atoms with Gasteiger partial charge in [-0.25, -0.2) is 0 Å². The lowest BCUT2D eigenvalue weighted by Crippen LogP contribution is -2.20. The van der Waals surface area contributed by atoms with Gasteiger partial charge in [-0.1, -0.05) is 0 Å². The zero-order valence-corrected chi connectivity index (χ0v) is 6.37. The van der Waals surface area contributed by atoms with E-state index in [1.165, 1.54) is 0 Å². The van der Waals surface area contributed by atoms with Gasteiger partial charge in [0.1, 0.15) is 5.41 Å². The molecule has 0 unspecified atom stereocenters. The van der Waals surface area contributed by atoms with Gasteiger partial charge in [-0.3, -0.25) is 9.89 Å². The third-order valence-electron chi connectivity index (χ3n) is 3.12. The molecule has 2 aliphatic carbocycles. The molecule has 1 aromatic heterocycles. The first-order valence-corrected chi connectivity index (χ1v) is 4.01. The van der Waals surface area contributed by atoms with Crippen LogP contribution in [0.15, 0.2) is 6.20 Å². The molecule has 4 heteroatoms. The molecule has 1 heterocycles. The van der Waals surface area contributed by atoms with Crippen LogP contribution >= 0.6 is 0 Å². The van der Waals surface area contributed by atoms with Crippen LogP contribution in [0.25, 0.3) is 0 Å². The minimum Gasteiger partial charge on any atom is -0.481 e. The average molecular weight is 164 g/mol. The topological polar surface area (TPSA) is 66.0 Å². The van der Waals surface area contributed by atoms with Crippen LogP contribution in [0.5, 0.6) is 0 Å². The van der Waals surface area contributed by atoms with E-state index < -0.39 is 11.4 Å². The van der Waals surface area contributed by atoms with Crippen molar-refractivity contribution >= 4 is 5.97 Å². The fourth-order valence-electron chi connectivity index (χ4n) is 2.37. The molecule has 3 rings (SSSR count). The van der Waals surface area contributed by atoms with Gasteiger partial charge >= 0.3 is 5.97 Å². The molecule has 2 aliphatic rings. The lowest BCUT2D eigenvalue weighted by Gasteiger charge is -2.03. The number of fused-ring (bicyclic) bond motifs is 3. The third-order valence-corrected chi connectivity index (χ3v) is 3.12. The van der Waals surface area contributed by atoms with Crippen molar-refractivity contribution in [1.82, 2.24) is 10.2 Å². The molecule has 0 radical (unpaired) electrons. The zero-order chi connectivity index (χ0) is 8.34. The van der Waals surface area contributed by atoms with E-state index in [1.54, 1.807) is 6.20 Å². The molecule has 0 amide bonds. The molecule has 4 nitrogen and oxygen atoms in total. The van der Waals surface area contributed by atoms with Gasteiger partial charge in [-0.2, -0.15) is 5.10 Å². The predicted octanol–water partition coefficient (Wildman–Crippen LogP) is 0.308. The first-order valence-electron chi connectivity index (χ1n) is 4.01. The number of hydrogen-bond donors (Lipinski definition) is 2. The number of nitrogens with zero attached hydrogens (tertiary/aromatic N) is 1. The highest BCUT2D eigenvalue weighted by molar-refractivity contribution is 5.87. The van der Waals surface area contributed by atoms with Crippen molar-refractivity contribution in [3.8, 4) is 0 Å². The monoisotopic (exact) mass is 164 g/mol. The summed E-state index contributed by atoms with van der Waals surface area (Å²) >= 11 is 0. The van der Waals surface area contributed by atoms with E-state index >= 15 is 0 Å². The summed E-state index contributed by atoms with van der Waals surface area (Å²) in [6, 6.07) is 0. The van der Waals surface area contributed by atoms with Gasteiger partial charge in [0.25, 0.3) is 0 Å². The summed E-state index contributed by atoms with van der Waals surface area (Å²) in [5.74, 6) is -0.366. The number of hydrogen-bond acceptors (Lipinski definition) is 2. The summed E-state index contributed by atoms with van der Waals surface area (Å²) in [6.07, 6.45) is 3.42. The van der Waals surface area contributed by atoms with Crippen molar-refractivity contribution in [1.29, 1.82) is 0 Å². The minimum absolute atomic E-state index is 0.333. The lowest BCUT2D eigenvalue weighted by atomic mass is 10.0. The van der Waals surface area contributed by atoms with Crippen LogP contribution < -0.4 is 0 Å². The number of aliphatic carboxylic acids is 1. The molecule has 0 aromatic carbocycles. The second-order valence-corrected chi connectivity index (χ2v) is 3.65. The van der Waals surface area contributed by atoms with Crippen LogP contribution in [-0.4, -0.2) is 21.3 Å². The Hall–Kier alpha value is -1.32. The molecule has 0 bridgehead atoms. The highest BCUT2D eigenvalue weighted by Crippen LogP contribution is 2.61. The molecule has 0 saturated heterocycles. The predicted molar refractivity (Wildman–Crippen MR) is 39.7 cm³/mol. The summed E-state index contributed by atoms with van der Waals surface area (Å²) in [4.78, 5) is 11.0. The quantitative estimate of drug-likeness (QED) is 0.627. The van der Waals surface area contributed by atoms with E-state index in [-0.39, 0.29) is 0 Å². The van der Waals surface area contributed by atoms with E-state index in [0.29, 0.717) is 5.92 Å². The van der Waals surface area contributed by atoms with Gasteiger partial charge in [0.05, 0.1) is 11.9 Å². The largest absolute Gasteiger partial charge is 0.481 e. The van der Waals surface area contributed by atoms with E-state index in [9.17, 15) is 4.79 Å². The maximum atomic E-state index is 11.0.